The predicted molar refractivity (Wildman–Crippen MR) is 111 cm³/mol. The van der Waals surface area contributed by atoms with E-state index in [1.54, 1.807) is 0 Å². The van der Waals surface area contributed by atoms with Gasteiger partial charge in [-0.05, 0) is 31.4 Å². The fourth-order valence-corrected chi connectivity index (χ4v) is 5.83. The molecule has 35 heavy (non-hydrogen) atoms. The van der Waals surface area contributed by atoms with Gasteiger partial charge in [0.2, 0.25) is 0 Å². The Labute approximate surface area is 197 Å². The van der Waals surface area contributed by atoms with E-state index in [4.69, 9.17) is 9.47 Å². The maximum atomic E-state index is 14.6. The molecule has 2 aromatic rings. The summed E-state index contributed by atoms with van der Waals surface area (Å²) < 4.78 is 95.4. The molecule has 3 heterocycles. The lowest BCUT2D eigenvalue weighted by molar-refractivity contribution is -0.154. The number of fused-ring (bicyclic) bond motifs is 2. The Balaban J connectivity index is 1.35. The molecule has 1 spiro atoms. The van der Waals surface area contributed by atoms with Crippen LogP contribution in [0, 0.1) is 34.9 Å². The fraction of sp³-hybridized carbons (Fsp3) is 0.480. The largest absolute Gasteiger partial charge is 0.459 e. The van der Waals surface area contributed by atoms with E-state index in [1.807, 2.05) is 0 Å². The van der Waals surface area contributed by atoms with E-state index in [0.717, 1.165) is 25.0 Å². The normalized spacial score (nSPS) is 26.2. The zero-order valence-corrected chi connectivity index (χ0v) is 18.6. The van der Waals surface area contributed by atoms with Crippen LogP contribution in [0.15, 0.2) is 24.3 Å². The van der Waals surface area contributed by atoms with Crippen molar-refractivity contribution in [1.29, 1.82) is 0 Å². The Bertz CT molecular complexity index is 1090. The molecular formula is C25H23F6NO3. The molecule has 3 aliphatic heterocycles. The number of hydrogen-bond acceptors (Lipinski definition) is 4. The summed E-state index contributed by atoms with van der Waals surface area (Å²) in [5, 5.41) is 0. The first-order valence-corrected chi connectivity index (χ1v) is 11.5. The summed E-state index contributed by atoms with van der Waals surface area (Å²) in [5.41, 5.74) is -1.51. The van der Waals surface area contributed by atoms with Crippen LogP contribution in [0.5, 0.6) is 0 Å². The van der Waals surface area contributed by atoms with Gasteiger partial charge in [-0.2, -0.15) is 0 Å². The zero-order valence-electron chi connectivity index (χ0n) is 18.6. The lowest BCUT2D eigenvalue weighted by atomic mass is 9.84. The molecule has 0 saturated carbocycles. The van der Waals surface area contributed by atoms with Gasteiger partial charge in [-0.15, -0.1) is 0 Å². The molecule has 3 aliphatic rings. The van der Waals surface area contributed by atoms with Gasteiger partial charge in [0.1, 0.15) is 11.7 Å². The number of rotatable bonds is 6. The van der Waals surface area contributed by atoms with Gasteiger partial charge in [0.05, 0.1) is 6.61 Å². The van der Waals surface area contributed by atoms with E-state index in [0.29, 0.717) is 44.4 Å². The quantitative estimate of drug-likeness (QED) is 0.306. The monoisotopic (exact) mass is 499 g/mol. The molecule has 2 bridgehead atoms. The maximum absolute atomic E-state index is 14.6. The van der Waals surface area contributed by atoms with Crippen LogP contribution in [-0.4, -0.2) is 41.7 Å². The lowest BCUT2D eigenvalue weighted by Gasteiger charge is -2.43. The van der Waals surface area contributed by atoms with E-state index in [-0.39, 0.29) is 24.7 Å². The van der Waals surface area contributed by atoms with Crippen LogP contribution in [0.3, 0.4) is 0 Å². The molecule has 2 unspecified atom stereocenters. The van der Waals surface area contributed by atoms with Gasteiger partial charge in [-0.1, -0.05) is 12.1 Å². The van der Waals surface area contributed by atoms with E-state index in [1.165, 1.54) is 0 Å². The first-order chi connectivity index (χ1) is 16.7. The number of carbonyl (C=O) groups is 1. The highest BCUT2D eigenvalue weighted by Gasteiger charge is 2.52. The third-order valence-corrected chi connectivity index (χ3v) is 7.43. The Kier molecular flexibility index (Phi) is 6.29. The molecule has 3 saturated heterocycles. The van der Waals surface area contributed by atoms with Crippen LogP contribution in [0.1, 0.15) is 55.8 Å². The molecule has 2 atom stereocenters. The number of esters is 1. The minimum Gasteiger partial charge on any atom is -0.459 e. The standard InChI is InChI=1S/C25H23F6NO3/c26-17-5-3-15(20(28)22(17)30)24(16-4-6-18(27)23(31)21(16)29)34-10-9-32-13-1-2-14(32)12-25(11-13)8-7-19(33)35-25/h3-6,13-14,24H,1-2,7-12H2. The third-order valence-electron chi connectivity index (χ3n) is 7.43. The molecule has 3 fully saturated rings. The molecule has 4 nitrogen and oxygen atoms in total. The molecule has 5 rings (SSSR count). The summed E-state index contributed by atoms with van der Waals surface area (Å²) in [7, 11) is 0. The summed E-state index contributed by atoms with van der Waals surface area (Å²) in [4.78, 5) is 13.9. The number of benzene rings is 2. The fourth-order valence-electron chi connectivity index (χ4n) is 5.83. The van der Waals surface area contributed by atoms with Crippen LogP contribution >= 0.6 is 0 Å². The molecule has 0 aromatic heterocycles. The van der Waals surface area contributed by atoms with Crippen molar-refractivity contribution in [3.8, 4) is 0 Å². The minimum atomic E-state index is -1.77. The second-order valence-electron chi connectivity index (χ2n) is 9.47. The molecule has 2 aromatic carbocycles. The molecule has 188 valence electrons. The van der Waals surface area contributed by atoms with E-state index in [2.05, 4.69) is 4.90 Å². The zero-order chi connectivity index (χ0) is 24.9. The summed E-state index contributed by atoms with van der Waals surface area (Å²) in [6.07, 6.45) is 2.65. The summed E-state index contributed by atoms with van der Waals surface area (Å²) in [6, 6.07) is 3.39. The summed E-state index contributed by atoms with van der Waals surface area (Å²) in [6.45, 7) is 0.285. The van der Waals surface area contributed by atoms with Crippen LogP contribution in [-0.2, 0) is 14.3 Å². The lowest BCUT2D eigenvalue weighted by Crippen LogP contribution is -2.51. The van der Waals surface area contributed by atoms with Gasteiger partial charge >= 0.3 is 5.97 Å². The van der Waals surface area contributed by atoms with Gasteiger partial charge in [-0.3, -0.25) is 9.69 Å². The van der Waals surface area contributed by atoms with Crippen molar-refractivity contribution in [2.75, 3.05) is 13.2 Å². The van der Waals surface area contributed by atoms with E-state index in [9.17, 15) is 31.1 Å². The van der Waals surface area contributed by atoms with Crippen molar-refractivity contribution in [1.82, 2.24) is 4.90 Å². The predicted octanol–water partition coefficient (Wildman–Crippen LogP) is 5.33. The molecule has 0 radical (unpaired) electrons. The summed E-state index contributed by atoms with van der Waals surface area (Å²) in [5.74, 6) is -9.81. The number of halogens is 6. The van der Waals surface area contributed by atoms with Gasteiger partial charge in [-0.25, -0.2) is 26.3 Å². The second-order valence-corrected chi connectivity index (χ2v) is 9.47. The van der Waals surface area contributed by atoms with Crippen molar-refractivity contribution in [3.63, 3.8) is 0 Å². The van der Waals surface area contributed by atoms with Gasteiger partial charge in [0, 0.05) is 49.0 Å². The number of hydrogen-bond donors (Lipinski definition) is 0. The average Bonchev–Trinajstić information content (AvgIpc) is 3.30. The highest BCUT2D eigenvalue weighted by molar-refractivity contribution is 5.72. The average molecular weight is 499 g/mol. The van der Waals surface area contributed by atoms with E-state index >= 15 is 0 Å². The minimum absolute atomic E-state index is 0.0681. The molecule has 0 N–H and O–H groups in total. The third kappa shape index (κ3) is 4.31. The molecule has 0 amide bonds. The van der Waals surface area contributed by atoms with Crippen molar-refractivity contribution < 1.29 is 40.6 Å². The first-order valence-electron chi connectivity index (χ1n) is 11.5. The van der Waals surface area contributed by atoms with Crippen LogP contribution in [0.2, 0.25) is 0 Å². The van der Waals surface area contributed by atoms with Gasteiger partial charge in [0.15, 0.2) is 34.9 Å². The topological polar surface area (TPSA) is 38.8 Å². The Hall–Kier alpha value is -2.59. The van der Waals surface area contributed by atoms with E-state index < -0.39 is 57.7 Å². The van der Waals surface area contributed by atoms with Crippen LogP contribution in [0.25, 0.3) is 0 Å². The molecule has 0 aliphatic carbocycles. The van der Waals surface area contributed by atoms with Crippen molar-refractivity contribution in [3.05, 3.63) is 70.3 Å². The summed E-state index contributed by atoms with van der Waals surface area (Å²) >= 11 is 0. The molecule has 10 heteroatoms. The Morgan fingerprint density at radius 2 is 1.43 bits per heavy atom. The second kappa shape index (κ2) is 9.13. The maximum Gasteiger partial charge on any atom is 0.306 e. The highest BCUT2D eigenvalue weighted by Crippen LogP contribution is 2.47. The number of ether oxygens (including phenoxy) is 2. The number of piperidine rings is 1. The smallest absolute Gasteiger partial charge is 0.306 e. The number of nitrogens with zero attached hydrogens (tertiary/aromatic N) is 1. The Morgan fingerprint density at radius 3 is 1.91 bits per heavy atom. The SMILES string of the molecule is O=C1CCC2(CC3CCC(C2)N3CCOC(c2ccc(F)c(F)c2F)c2ccc(F)c(F)c2F)O1. The van der Waals surface area contributed by atoms with Gasteiger partial charge in [0.25, 0.3) is 0 Å². The number of carbonyl (C=O) groups excluding carboxylic acids is 1. The van der Waals surface area contributed by atoms with Crippen molar-refractivity contribution >= 4 is 5.97 Å². The molecular weight excluding hydrogens is 476 g/mol. The highest BCUT2D eigenvalue weighted by atomic mass is 19.2. The van der Waals surface area contributed by atoms with Crippen molar-refractivity contribution in [2.24, 2.45) is 0 Å². The van der Waals surface area contributed by atoms with Crippen LogP contribution in [0.4, 0.5) is 26.3 Å². The first kappa shape index (κ1) is 24.1. The van der Waals surface area contributed by atoms with Crippen molar-refractivity contribution in [2.45, 2.75) is 62.3 Å². The Morgan fingerprint density at radius 1 is 0.886 bits per heavy atom. The van der Waals surface area contributed by atoms with Gasteiger partial charge < -0.3 is 9.47 Å². The van der Waals surface area contributed by atoms with Crippen LogP contribution < -0.4 is 0 Å².